The van der Waals surface area contributed by atoms with Crippen LogP contribution < -0.4 is 5.32 Å². The summed E-state index contributed by atoms with van der Waals surface area (Å²) < 4.78 is 23.2. The Morgan fingerprint density at radius 2 is 2.00 bits per heavy atom. The van der Waals surface area contributed by atoms with Crippen LogP contribution in [0.15, 0.2) is 18.2 Å². The van der Waals surface area contributed by atoms with Crippen molar-refractivity contribution in [3.63, 3.8) is 0 Å². The molecule has 0 aliphatic heterocycles. The van der Waals surface area contributed by atoms with Crippen molar-refractivity contribution in [2.45, 2.75) is 19.9 Å². The molecule has 1 N–H and O–H groups in total. The molecule has 1 amide bonds. The fourth-order valence-electron chi connectivity index (χ4n) is 1.83. The van der Waals surface area contributed by atoms with Gasteiger partial charge in [-0.25, -0.2) is 8.42 Å². The lowest BCUT2D eigenvalue weighted by molar-refractivity contribution is 0.0827. The van der Waals surface area contributed by atoms with Crippen molar-refractivity contribution >= 4 is 33.0 Å². The Kier molecular flexibility index (Phi) is 6.04. The smallest absolute Gasteiger partial charge is 0.253 e. The molecule has 1 atom stereocenters. The number of nitrogens with one attached hydrogen (secondary N) is 1. The van der Waals surface area contributed by atoms with Crippen molar-refractivity contribution in [2.75, 3.05) is 30.9 Å². The summed E-state index contributed by atoms with van der Waals surface area (Å²) in [5.74, 6) is -0.0130. The minimum atomic E-state index is -3.07. The molecular formula is C14H21ClN2O3S. The van der Waals surface area contributed by atoms with Crippen molar-refractivity contribution in [3.8, 4) is 0 Å². The van der Waals surface area contributed by atoms with Crippen molar-refractivity contribution in [2.24, 2.45) is 0 Å². The average molecular weight is 333 g/mol. The van der Waals surface area contributed by atoms with E-state index in [1.165, 1.54) is 4.90 Å². The number of rotatable bonds is 6. The van der Waals surface area contributed by atoms with Crippen LogP contribution >= 0.6 is 11.6 Å². The zero-order valence-electron chi connectivity index (χ0n) is 12.7. The highest BCUT2D eigenvalue weighted by molar-refractivity contribution is 7.91. The quantitative estimate of drug-likeness (QED) is 0.868. The molecule has 118 valence electrons. The SMILES string of the molecule is CCS(=O)(=O)CC(C)Nc1cc(C(=O)N(C)C)ccc1Cl. The Labute approximate surface area is 131 Å². The Morgan fingerprint density at radius 3 is 2.52 bits per heavy atom. The van der Waals surface area contributed by atoms with Gasteiger partial charge in [0.25, 0.3) is 5.91 Å². The van der Waals surface area contributed by atoms with Crippen LogP contribution in [0.25, 0.3) is 0 Å². The van der Waals surface area contributed by atoms with Gasteiger partial charge in [0, 0.05) is 31.5 Å². The van der Waals surface area contributed by atoms with Gasteiger partial charge in [-0.15, -0.1) is 0 Å². The summed E-state index contributed by atoms with van der Waals surface area (Å²) in [4.78, 5) is 13.4. The number of anilines is 1. The second kappa shape index (κ2) is 7.13. The summed E-state index contributed by atoms with van der Waals surface area (Å²) in [7, 11) is 0.262. The minimum Gasteiger partial charge on any atom is -0.380 e. The molecule has 0 saturated carbocycles. The van der Waals surface area contributed by atoms with E-state index in [1.807, 2.05) is 0 Å². The first-order valence-electron chi connectivity index (χ1n) is 6.64. The number of halogens is 1. The molecule has 0 aliphatic carbocycles. The van der Waals surface area contributed by atoms with Gasteiger partial charge in [0.05, 0.1) is 16.5 Å². The molecule has 21 heavy (non-hydrogen) atoms. The Hall–Kier alpha value is -1.27. The number of benzene rings is 1. The highest BCUT2D eigenvalue weighted by atomic mass is 35.5. The van der Waals surface area contributed by atoms with Crippen LogP contribution in [0.3, 0.4) is 0 Å². The average Bonchev–Trinajstić information content (AvgIpc) is 2.39. The lowest BCUT2D eigenvalue weighted by Crippen LogP contribution is -2.27. The van der Waals surface area contributed by atoms with Gasteiger partial charge in [-0.3, -0.25) is 4.79 Å². The third kappa shape index (κ3) is 5.21. The van der Waals surface area contributed by atoms with Crippen LogP contribution in [0.4, 0.5) is 5.69 Å². The minimum absolute atomic E-state index is 0.0195. The fourth-order valence-corrected chi connectivity index (χ4v) is 3.09. The lowest BCUT2D eigenvalue weighted by Gasteiger charge is -2.17. The van der Waals surface area contributed by atoms with E-state index in [-0.39, 0.29) is 23.5 Å². The predicted octanol–water partition coefficient (Wildman–Crippen LogP) is 2.28. The molecule has 1 aromatic rings. The lowest BCUT2D eigenvalue weighted by atomic mass is 10.1. The molecule has 0 fully saturated rings. The summed E-state index contributed by atoms with van der Waals surface area (Å²) in [5, 5.41) is 3.50. The molecule has 0 saturated heterocycles. The Morgan fingerprint density at radius 1 is 1.38 bits per heavy atom. The number of sulfone groups is 1. The van der Waals surface area contributed by atoms with Crippen molar-refractivity contribution in [3.05, 3.63) is 28.8 Å². The summed E-state index contributed by atoms with van der Waals surface area (Å²) in [6.45, 7) is 3.38. The van der Waals surface area contributed by atoms with Gasteiger partial charge >= 0.3 is 0 Å². The van der Waals surface area contributed by atoms with Crippen molar-refractivity contribution in [1.82, 2.24) is 4.90 Å². The maximum atomic E-state index is 11.9. The number of nitrogens with zero attached hydrogens (tertiary/aromatic N) is 1. The fraction of sp³-hybridized carbons (Fsp3) is 0.500. The zero-order chi connectivity index (χ0) is 16.2. The van der Waals surface area contributed by atoms with E-state index >= 15 is 0 Å². The van der Waals surface area contributed by atoms with E-state index in [2.05, 4.69) is 5.32 Å². The number of carbonyl (C=O) groups excluding carboxylic acids is 1. The van der Waals surface area contributed by atoms with E-state index in [0.717, 1.165) is 0 Å². The summed E-state index contributed by atoms with van der Waals surface area (Å²) in [6, 6.07) is 4.61. The third-order valence-electron chi connectivity index (χ3n) is 2.97. The van der Waals surface area contributed by atoms with Crippen LogP contribution in [0.1, 0.15) is 24.2 Å². The number of hydrogen-bond acceptors (Lipinski definition) is 4. The number of carbonyl (C=O) groups is 1. The molecule has 0 aliphatic rings. The molecule has 0 spiro atoms. The second-order valence-corrected chi connectivity index (χ2v) is 7.94. The van der Waals surface area contributed by atoms with Crippen molar-refractivity contribution in [1.29, 1.82) is 0 Å². The van der Waals surface area contributed by atoms with Gasteiger partial charge < -0.3 is 10.2 Å². The maximum absolute atomic E-state index is 11.9. The highest BCUT2D eigenvalue weighted by Crippen LogP contribution is 2.24. The van der Waals surface area contributed by atoms with E-state index in [1.54, 1.807) is 46.1 Å². The molecule has 1 aromatic carbocycles. The summed E-state index contributed by atoms with van der Waals surface area (Å²) in [5.41, 5.74) is 1.06. The maximum Gasteiger partial charge on any atom is 0.253 e. The Bertz CT molecular complexity index is 615. The number of hydrogen-bond donors (Lipinski definition) is 1. The van der Waals surface area contributed by atoms with Gasteiger partial charge in [0.2, 0.25) is 0 Å². The molecule has 0 bridgehead atoms. The van der Waals surface area contributed by atoms with E-state index in [0.29, 0.717) is 16.3 Å². The molecule has 5 nitrogen and oxygen atoms in total. The standard InChI is InChI=1S/C14H21ClN2O3S/c1-5-21(19,20)9-10(2)16-13-8-11(6-7-12(13)15)14(18)17(3)4/h6-8,10,16H,5,9H2,1-4H3. The van der Waals surface area contributed by atoms with Crippen molar-refractivity contribution < 1.29 is 13.2 Å². The molecule has 0 aromatic heterocycles. The van der Waals surface area contributed by atoms with Gasteiger partial charge in [0.15, 0.2) is 9.84 Å². The molecular weight excluding hydrogens is 312 g/mol. The second-order valence-electron chi connectivity index (χ2n) is 5.14. The molecule has 7 heteroatoms. The predicted molar refractivity (Wildman–Crippen MR) is 86.9 cm³/mol. The van der Waals surface area contributed by atoms with Gasteiger partial charge in [-0.1, -0.05) is 18.5 Å². The van der Waals surface area contributed by atoms with Gasteiger partial charge in [0.1, 0.15) is 0 Å². The van der Waals surface area contributed by atoms with Crippen LogP contribution in [-0.2, 0) is 9.84 Å². The van der Waals surface area contributed by atoms with Crippen LogP contribution in [0.5, 0.6) is 0 Å². The highest BCUT2D eigenvalue weighted by Gasteiger charge is 2.16. The monoisotopic (exact) mass is 332 g/mol. The summed E-state index contributed by atoms with van der Waals surface area (Å²) in [6.07, 6.45) is 0. The first-order valence-corrected chi connectivity index (χ1v) is 8.84. The largest absolute Gasteiger partial charge is 0.380 e. The molecule has 1 rings (SSSR count). The third-order valence-corrected chi connectivity index (χ3v) is 5.18. The first kappa shape index (κ1) is 17.8. The normalized spacial score (nSPS) is 12.8. The van der Waals surface area contributed by atoms with Gasteiger partial charge in [-0.05, 0) is 25.1 Å². The van der Waals surface area contributed by atoms with Crippen LogP contribution in [0, 0.1) is 0 Å². The summed E-state index contributed by atoms with van der Waals surface area (Å²) >= 11 is 6.09. The zero-order valence-corrected chi connectivity index (χ0v) is 14.3. The first-order chi connectivity index (χ1) is 9.66. The molecule has 1 unspecified atom stereocenters. The van der Waals surface area contributed by atoms with Gasteiger partial charge in [-0.2, -0.15) is 0 Å². The topological polar surface area (TPSA) is 66.5 Å². The number of amides is 1. The van der Waals surface area contributed by atoms with Crippen LogP contribution in [-0.4, -0.2) is 50.9 Å². The molecule has 0 radical (unpaired) electrons. The molecule has 0 heterocycles. The van der Waals surface area contributed by atoms with E-state index in [9.17, 15) is 13.2 Å². The van der Waals surface area contributed by atoms with E-state index in [4.69, 9.17) is 11.6 Å². The van der Waals surface area contributed by atoms with Crippen LogP contribution in [0.2, 0.25) is 5.02 Å². The Balaban J connectivity index is 2.93. The van der Waals surface area contributed by atoms with E-state index < -0.39 is 9.84 Å².